The SMILES string of the molecule is [B].[C-]#Cc1ccc2c(c1)C(=O)CCC2(C)C.[Y]. The Morgan fingerprint density at radius 2 is 2.00 bits per heavy atom. The van der Waals surface area contributed by atoms with Gasteiger partial charge in [0.15, 0.2) is 5.78 Å². The molecule has 1 aromatic carbocycles. The van der Waals surface area contributed by atoms with E-state index < -0.39 is 0 Å². The van der Waals surface area contributed by atoms with E-state index in [1.54, 1.807) is 6.07 Å². The van der Waals surface area contributed by atoms with Crippen LogP contribution in [0.5, 0.6) is 0 Å². The van der Waals surface area contributed by atoms with Gasteiger partial charge in [0.1, 0.15) is 0 Å². The Balaban J connectivity index is 0.00000128. The fourth-order valence-corrected chi connectivity index (χ4v) is 2.14. The van der Waals surface area contributed by atoms with Gasteiger partial charge in [-0.2, -0.15) is 0 Å². The normalized spacial score (nSPS) is 15.9. The van der Waals surface area contributed by atoms with Crippen molar-refractivity contribution >= 4 is 14.2 Å². The maximum atomic E-state index is 11.8. The summed E-state index contributed by atoms with van der Waals surface area (Å²) in [6.07, 6.45) is 8.59. The largest absolute Gasteiger partial charge is 0.366 e. The van der Waals surface area contributed by atoms with Crippen molar-refractivity contribution in [2.45, 2.75) is 32.1 Å². The fraction of sp³-hybridized carbons (Fsp3) is 0.357. The summed E-state index contributed by atoms with van der Waals surface area (Å²) in [4.78, 5) is 11.8. The molecule has 0 bridgehead atoms. The molecule has 2 rings (SSSR count). The summed E-state index contributed by atoms with van der Waals surface area (Å²) in [7, 11) is 0. The van der Waals surface area contributed by atoms with Crippen LogP contribution in [0.2, 0.25) is 0 Å². The average Bonchev–Trinajstić information content (AvgIpc) is 2.23. The van der Waals surface area contributed by atoms with E-state index >= 15 is 0 Å². The molecule has 0 unspecified atom stereocenters. The van der Waals surface area contributed by atoms with Crippen LogP contribution < -0.4 is 0 Å². The van der Waals surface area contributed by atoms with Gasteiger partial charge in [-0.3, -0.25) is 10.7 Å². The Bertz CT molecular complexity index is 472. The molecule has 0 fully saturated rings. The summed E-state index contributed by atoms with van der Waals surface area (Å²) in [6, 6.07) is 5.60. The maximum absolute atomic E-state index is 11.8. The smallest absolute Gasteiger partial charge is 0.161 e. The first-order valence-electron chi connectivity index (χ1n) is 5.15. The van der Waals surface area contributed by atoms with Gasteiger partial charge in [0, 0.05) is 53.1 Å². The van der Waals surface area contributed by atoms with E-state index in [0.29, 0.717) is 12.0 Å². The van der Waals surface area contributed by atoms with Crippen molar-refractivity contribution in [2.24, 2.45) is 0 Å². The van der Waals surface area contributed by atoms with Crippen LogP contribution in [-0.2, 0) is 38.1 Å². The summed E-state index contributed by atoms with van der Waals surface area (Å²) in [5, 5.41) is 0. The molecule has 1 nitrogen and oxygen atoms in total. The molecule has 3 heteroatoms. The number of benzene rings is 1. The third-order valence-corrected chi connectivity index (χ3v) is 3.17. The van der Waals surface area contributed by atoms with Gasteiger partial charge in [-0.15, -0.1) is 17.7 Å². The van der Waals surface area contributed by atoms with Crippen molar-refractivity contribution < 1.29 is 37.5 Å². The molecule has 1 aromatic rings. The van der Waals surface area contributed by atoms with Gasteiger partial charge >= 0.3 is 0 Å². The molecule has 0 aliphatic heterocycles. The molecule has 0 heterocycles. The molecule has 1 aliphatic carbocycles. The zero-order valence-corrected chi connectivity index (χ0v) is 13.0. The predicted octanol–water partition coefficient (Wildman–Crippen LogP) is 2.50. The number of rotatable bonds is 0. The molecule has 0 spiro atoms. The van der Waals surface area contributed by atoms with E-state index in [1.807, 2.05) is 12.1 Å². The summed E-state index contributed by atoms with van der Waals surface area (Å²) in [6.45, 7) is 4.32. The third kappa shape index (κ3) is 3.09. The third-order valence-electron chi connectivity index (χ3n) is 3.17. The first-order valence-corrected chi connectivity index (χ1v) is 5.15. The average molecular weight is 297 g/mol. The van der Waals surface area contributed by atoms with Crippen molar-refractivity contribution in [3.63, 3.8) is 0 Å². The Kier molecular flexibility index (Phi) is 5.85. The second kappa shape index (κ2) is 5.98. The number of carbonyl (C=O) groups excluding carboxylic acids is 1. The van der Waals surface area contributed by atoms with Gasteiger partial charge in [0.05, 0.1) is 0 Å². The van der Waals surface area contributed by atoms with Gasteiger partial charge in [0.25, 0.3) is 0 Å². The number of Topliss-reactive ketones (excluding diaryl/α,β-unsaturated/α-hetero) is 1. The number of fused-ring (bicyclic) bond motifs is 1. The van der Waals surface area contributed by atoms with Crippen LogP contribution >= 0.6 is 0 Å². The zero-order chi connectivity index (χ0) is 11.1. The summed E-state index contributed by atoms with van der Waals surface area (Å²) < 4.78 is 0. The van der Waals surface area contributed by atoms with Crippen molar-refractivity contribution in [1.82, 2.24) is 0 Å². The van der Waals surface area contributed by atoms with Crippen LogP contribution in [0.1, 0.15) is 48.2 Å². The molecule has 0 amide bonds. The molecule has 0 saturated heterocycles. The van der Waals surface area contributed by atoms with E-state index in [1.165, 1.54) is 0 Å². The molecule has 0 aromatic heterocycles. The number of ketones is 1. The van der Waals surface area contributed by atoms with Crippen LogP contribution in [0, 0.1) is 12.3 Å². The first-order chi connectivity index (χ1) is 7.04. The van der Waals surface area contributed by atoms with Gasteiger partial charge < -0.3 is 6.42 Å². The molecule has 17 heavy (non-hydrogen) atoms. The van der Waals surface area contributed by atoms with Gasteiger partial charge in [0.2, 0.25) is 0 Å². The Labute approximate surface area is 130 Å². The molecule has 0 atom stereocenters. The molecule has 4 radical (unpaired) electrons. The van der Waals surface area contributed by atoms with Crippen molar-refractivity contribution in [2.75, 3.05) is 0 Å². The topological polar surface area (TPSA) is 17.1 Å². The van der Waals surface area contributed by atoms with Gasteiger partial charge in [-0.25, -0.2) is 0 Å². The Hall–Kier alpha value is -0.381. The molecule has 0 N–H and O–H groups in total. The fourth-order valence-electron chi connectivity index (χ4n) is 2.14. The molecular formula is C14H13BOY-. The first kappa shape index (κ1) is 16.6. The zero-order valence-electron chi connectivity index (χ0n) is 10.2. The minimum atomic E-state index is 0. The van der Waals surface area contributed by atoms with E-state index in [9.17, 15) is 4.79 Å². The van der Waals surface area contributed by atoms with Crippen LogP contribution in [0.25, 0.3) is 0 Å². The minimum Gasteiger partial charge on any atom is -0.366 e. The second-order valence-electron chi connectivity index (χ2n) is 4.69. The van der Waals surface area contributed by atoms with Crippen LogP contribution in [0.3, 0.4) is 0 Å². The van der Waals surface area contributed by atoms with Gasteiger partial charge in [-0.05, 0) is 17.4 Å². The monoisotopic (exact) mass is 297 g/mol. The van der Waals surface area contributed by atoms with Crippen LogP contribution in [0.4, 0.5) is 0 Å². The van der Waals surface area contributed by atoms with Crippen molar-refractivity contribution in [3.8, 4) is 5.92 Å². The van der Waals surface area contributed by atoms with Crippen LogP contribution in [-0.4, -0.2) is 14.2 Å². The van der Waals surface area contributed by atoms with E-state index in [0.717, 1.165) is 17.5 Å². The number of hydrogen-bond acceptors (Lipinski definition) is 1. The second-order valence-corrected chi connectivity index (χ2v) is 4.69. The summed E-state index contributed by atoms with van der Waals surface area (Å²) in [5.41, 5.74) is 2.64. The predicted molar refractivity (Wildman–Crippen MR) is 65.0 cm³/mol. The molecule has 1 aliphatic rings. The number of carbonyl (C=O) groups is 1. The Morgan fingerprint density at radius 3 is 2.59 bits per heavy atom. The van der Waals surface area contributed by atoms with Gasteiger partial charge in [-0.1, -0.05) is 19.9 Å². The van der Waals surface area contributed by atoms with E-state index in [2.05, 4.69) is 19.8 Å². The number of hydrogen-bond donors (Lipinski definition) is 0. The molecule has 0 saturated carbocycles. The summed E-state index contributed by atoms with van der Waals surface area (Å²) in [5.74, 6) is 2.52. The quantitative estimate of drug-likeness (QED) is 0.408. The molecule has 82 valence electrons. The summed E-state index contributed by atoms with van der Waals surface area (Å²) >= 11 is 0. The van der Waals surface area contributed by atoms with Crippen LogP contribution in [0.15, 0.2) is 18.2 Å². The minimum absolute atomic E-state index is 0. The van der Waals surface area contributed by atoms with E-state index in [4.69, 9.17) is 6.42 Å². The maximum Gasteiger partial charge on any atom is 0.161 e. The van der Waals surface area contributed by atoms with Crippen molar-refractivity contribution in [1.29, 1.82) is 0 Å². The molecular weight excluding hydrogens is 284 g/mol. The standard InChI is InChI=1S/C14H13O.B.Y/c1-4-10-5-6-12-11(9-10)13(15)7-8-14(12,2)3;;/h5-6,9H,7-8H2,2-3H3;;/q-1;;. The van der Waals surface area contributed by atoms with E-state index in [-0.39, 0.29) is 52.3 Å². The van der Waals surface area contributed by atoms with Crippen molar-refractivity contribution in [3.05, 3.63) is 41.3 Å². The Morgan fingerprint density at radius 1 is 1.35 bits per heavy atom.